The number of rotatable bonds is 4. The molecular weight excluding hydrogens is 328 g/mol. The number of hydrogen-bond donors (Lipinski definition) is 0. The van der Waals surface area contributed by atoms with Crippen LogP contribution in [-0.2, 0) is 10.8 Å². The van der Waals surface area contributed by atoms with Gasteiger partial charge in [-0.3, -0.25) is 0 Å². The number of fused-ring (bicyclic) bond motifs is 2. The Morgan fingerprint density at radius 1 is 0.704 bits per heavy atom. The summed E-state index contributed by atoms with van der Waals surface area (Å²) in [5.41, 5.74) is 4.40. The maximum absolute atomic E-state index is 5.91. The van der Waals surface area contributed by atoms with Gasteiger partial charge in [0, 0.05) is 16.4 Å². The van der Waals surface area contributed by atoms with Crippen molar-refractivity contribution in [1.82, 2.24) is 0 Å². The molecule has 0 N–H and O–H groups in total. The summed E-state index contributed by atoms with van der Waals surface area (Å²) in [5.74, 6) is 1.67. The van der Waals surface area contributed by atoms with E-state index in [1.807, 2.05) is 7.11 Å². The van der Waals surface area contributed by atoms with E-state index in [4.69, 9.17) is 4.74 Å². The van der Waals surface area contributed by atoms with Crippen molar-refractivity contribution >= 4 is 0 Å². The summed E-state index contributed by atoms with van der Waals surface area (Å²) >= 11 is 0. The quantitative estimate of drug-likeness (QED) is 0.548. The molecule has 2 saturated carbocycles. The van der Waals surface area contributed by atoms with Crippen LogP contribution in [0.15, 0.2) is 84.9 Å². The third-order valence-electron chi connectivity index (χ3n) is 7.29. The van der Waals surface area contributed by atoms with Crippen molar-refractivity contribution in [3.63, 3.8) is 0 Å². The normalized spacial score (nSPS) is 29.0. The van der Waals surface area contributed by atoms with Crippen molar-refractivity contribution in [2.75, 3.05) is 7.11 Å². The number of benzene rings is 3. The van der Waals surface area contributed by atoms with Crippen LogP contribution in [0.3, 0.4) is 0 Å². The lowest BCUT2D eigenvalue weighted by Crippen LogP contribution is -2.45. The van der Waals surface area contributed by atoms with Crippen LogP contribution in [0.5, 0.6) is 5.75 Å². The summed E-state index contributed by atoms with van der Waals surface area (Å²) in [6, 6.07) is 31.2. The first kappa shape index (κ1) is 16.6. The molecule has 1 nitrogen and oxygen atoms in total. The minimum atomic E-state index is -0.0256. The topological polar surface area (TPSA) is 9.23 Å². The molecule has 0 spiro atoms. The maximum Gasteiger partial charge on any atom is 0.123 e. The maximum atomic E-state index is 5.91. The summed E-state index contributed by atoms with van der Waals surface area (Å²) in [4.78, 5) is 0. The van der Waals surface area contributed by atoms with E-state index in [9.17, 15) is 0 Å². The van der Waals surface area contributed by atoms with E-state index in [2.05, 4.69) is 84.9 Å². The van der Waals surface area contributed by atoms with E-state index in [1.165, 1.54) is 42.4 Å². The lowest BCUT2D eigenvalue weighted by molar-refractivity contribution is 0.309. The molecule has 0 unspecified atom stereocenters. The van der Waals surface area contributed by atoms with E-state index >= 15 is 0 Å². The van der Waals surface area contributed by atoms with E-state index in [0.29, 0.717) is 5.92 Å². The second-order valence-electron chi connectivity index (χ2n) is 8.10. The summed E-state index contributed by atoms with van der Waals surface area (Å²) in [5, 5.41) is 0. The molecule has 3 aromatic rings. The Morgan fingerprint density at radius 2 is 1.26 bits per heavy atom. The summed E-state index contributed by atoms with van der Waals surface area (Å²) in [7, 11) is 1.81. The Morgan fingerprint density at radius 3 is 1.89 bits per heavy atom. The fourth-order valence-electron chi connectivity index (χ4n) is 6.42. The highest BCUT2D eigenvalue weighted by Crippen LogP contribution is 2.70. The number of para-hydroxylation sites is 1. The van der Waals surface area contributed by atoms with Crippen LogP contribution >= 0.6 is 0 Å². The Bertz CT molecular complexity index is 923. The second kappa shape index (κ2) is 6.27. The van der Waals surface area contributed by atoms with Gasteiger partial charge in [0.1, 0.15) is 5.75 Å². The van der Waals surface area contributed by atoms with Crippen molar-refractivity contribution in [3.8, 4) is 5.75 Å². The molecule has 27 heavy (non-hydrogen) atoms. The van der Waals surface area contributed by atoms with Gasteiger partial charge in [0.05, 0.1) is 7.11 Å². The average Bonchev–Trinajstić information content (AvgIpc) is 3.27. The molecule has 2 fully saturated rings. The molecule has 2 bridgehead atoms. The van der Waals surface area contributed by atoms with Crippen molar-refractivity contribution < 1.29 is 4.74 Å². The van der Waals surface area contributed by atoms with Crippen LogP contribution in [0.25, 0.3) is 0 Å². The van der Waals surface area contributed by atoms with Gasteiger partial charge in [-0.05, 0) is 48.8 Å². The van der Waals surface area contributed by atoms with Crippen LogP contribution < -0.4 is 4.74 Å². The fourth-order valence-corrected chi connectivity index (χ4v) is 6.42. The Balaban J connectivity index is 1.87. The molecule has 0 aromatic heterocycles. The van der Waals surface area contributed by atoms with E-state index in [1.54, 1.807) is 0 Å². The molecule has 3 aromatic carbocycles. The minimum absolute atomic E-state index is 0.0256. The summed E-state index contributed by atoms with van der Waals surface area (Å²) < 4.78 is 5.91. The van der Waals surface area contributed by atoms with Gasteiger partial charge in [0.25, 0.3) is 0 Å². The van der Waals surface area contributed by atoms with E-state index < -0.39 is 0 Å². The zero-order valence-corrected chi connectivity index (χ0v) is 15.9. The molecule has 2 aliphatic rings. The first-order valence-electron chi connectivity index (χ1n) is 10.1. The lowest BCUT2D eigenvalue weighted by Gasteiger charge is -2.46. The first-order valence-corrected chi connectivity index (χ1v) is 10.1. The van der Waals surface area contributed by atoms with Crippen molar-refractivity contribution in [3.05, 3.63) is 102 Å². The van der Waals surface area contributed by atoms with Crippen LogP contribution in [-0.4, -0.2) is 7.11 Å². The lowest BCUT2D eigenvalue weighted by atomic mass is 9.56. The zero-order chi connectivity index (χ0) is 18.3. The SMILES string of the molecule is COc1ccccc1[C@]1(c2ccccc2)C2CCC1(c1ccccc1)CC2. The van der Waals surface area contributed by atoms with Crippen molar-refractivity contribution in [2.45, 2.75) is 36.5 Å². The highest BCUT2D eigenvalue weighted by atomic mass is 16.5. The molecule has 0 amide bonds. The van der Waals surface area contributed by atoms with Crippen LogP contribution in [0.2, 0.25) is 0 Å². The molecule has 1 heteroatoms. The fraction of sp³-hybridized carbons (Fsp3) is 0.308. The number of methoxy groups -OCH3 is 1. The highest BCUT2D eigenvalue weighted by molar-refractivity contribution is 5.57. The predicted octanol–water partition coefficient (Wildman–Crippen LogP) is 6.12. The molecule has 136 valence electrons. The molecule has 0 radical (unpaired) electrons. The second-order valence-corrected chi connectivity index (χ2v) is 8.10. The van der Waals surface area contributed by atoms with Crippen LogP contribution in [0, 0.1) is 5.92 Å². The van der Waals surface area contributed by atoms with Crippen LogP contribution in [0.4, 0.5) is 0 Å². The van der Waals surface area contributed by atoms with Crippen molar-refractivity contribution in [1.29, 1.82) is 0 Å². The molecule has 2 aliphatic carbocycles. The van der Waals surface area contributed by atoms with Crippen molar-refractivity contribution in [2.24, 2.45) is 5.92 Å². The summed E-state index contributed by atoms with van der Waals surface area (Å²) in [6.07, 6.45) is 5.05. The highest BCUT2D eigenvalue weighted by Gasteiger charge is 2.66. The largest absolute Gasteiger partial charge is 0.496 e. The molecule has 0 saturated heterocycles. The van der Waals surface area contributed by atoms with Gasteiger partial charge in [0.15, 0.2) is 0 Å². The Labute approximate surface area is 162 Å². The number of ether oxygens (including phenoxy) is 1. The molecular formula is C26H26O. The average molecular weight is 354 g/mol. The first-order chi connectivity index (χ1) is 13.3. The smallest absolute Gasteiger partial charge is 0.123 e. The van der Waals surface area contributed by atoms with Crippen LogP contribution in [0.1, 0.15) is 42.4 Å². The Hall–Kier alpha value is -2.54. The van der Waals surface area contributed by atoms with Gasteiger partial charge in [0.2, 0.25) is 0 Å². The monoisotopic (exact) mass is 354 g/mol. The summed E-state index contributed by atoms with van der Waals surface area (Å²) in [6.45, 7) is 0. The molecule has 0 heterocycles. The van der Waals surface area contributed by atoms with Gasteiger partial charge in [-0.25, -0.2) is 0 Å². The van der Waals surface area contributed by atoms with Gasteiger partial charge in [-0.1, -0.05) is 78.9 Å². The molecule has 1 atom stereocenters. The zero-order valence-electron chi connectivity index (χ0n) is 15.9. The third-order valence-corrected chi connectivity index (χ3v) is 7.29. The van der Waals surface area contributed by atoms with Gasteiger partial charge < -0.3 is 4.74 Å². The number of hydrogen-bond acceptors (Lipinski definition) is 1. The van der Waals surface area contributed by atoms with Gasteiger partial charge in [-0.15, -0.1) is 0 Å². The van der Waals surface area contributed by atoms with Gasteiger partial charge in [-0.2, -0.15) is 0 Å². The van der Waals surface area contributed by atoms with E-state index in [-0.39, 0.29) is 10.8 Å². The Kier molecular flexibility index (Phi) is 3.86. The standard InChI is InChI=1S/C26H26O/c1-27-24-15-9-8-14-23(24)26(21-12-6-3-7-13-21)22-16-18-25(26,19-17-22)20-10-4-2-5-11-20/h2-15,22H,16-19H2,1H3/t22?,25?,26-/m0/s1. The molecule has 0 aliphatic heterocycles. The predicted molar refractivity (Wildman–Crippen MR) is 110 cm³/mol. The van der Waals surface area contributed by atoms with E-state index in [0.717, 1.165) is 5.75 Å². The minimum Gasteiger partial charge on any atom is -0.496 e. The van der Waals surface area contributed by atoms with Gasteiger partial charge >= 0.3 is 0 Å². The molecule has 5 rings (SSSR count). The third kappa shape index (κ3) is 2.12.